The Bertz CT molecular complexity index is 526. The number of anilines is 2. The van der Waals surface area contributed by atoms with Crippen LogP contribution < -0.4 is 10.2 Å². The highest BCUT2D eigenvalue weighted by atomic mass is 35.5. The minimum absolute atomic E-state index is 0. The second-order valence-corrected chi connectivity index (χ2v) is 4.13. The largest absolute Gasteiger partial charge is 0.378 e. The molecule has 0 saturated carbocycles. The third kappa shape index (κ3) is 3.96. The lowest BCUT2D eigenvalue weighted by Gasteiger charge is -2.13. The van der Waals surface area contributed by atoms with E-state index in [9.17, 15) is 4.79 Å². The predicted molar refractivity (Wildman–Crippen MR) is 80.2 cm³/mol. The molecular weight excluding hydrogens is 262 g/mol. The summed E-state index contributed by atoms with van der Waals surface area (Å²) in [6, 6.07) is 11.1. The minimum atomic E-state index is -0.130. The molecule has 0 aliphatic carbocycles. The summed E-state index contributed by atoms with van der Waals surface area (Å²) in [6.45, 7) is 0. The Morgan fingerprint density at radius 3 is 2.16 bits per heavy atom. The van der Waals surface area contributed by atoms with Gasteiger partial charge in [-0.2, -0.15) is 0 Å². The van der Waals surface area contributed by atoms with Crippen LogP contribution >= 0.6 is 12.4 Å². The Morgan fingerprint density at radius 2 is 1.63 bits per heavy atom. The van der Waals surface area contributed by atoms with E-state index in [1.165, 1.54) is 0 Å². The molecule has 0 saturated heterocycles. The topological polar surface area (TPSA) is 45.2 Å². The first-order chi connectivity index (χ1) is 8.66. The Morgan fingerprint density at radius 1 is 1.05 bits per heavy atom. The molecule has 0 atom stereocenters. The lowest BCUT2D eigenvalue weighted by atomic mass is 10.2. The van der Waals surface area contributed by atoms with Gasteiger partial charge >= 0.3 is 0 Å². The van der Waals surface area contributed by atoms with Crippen LogP contribution in [0.1, 0.15) is 10.4 Å². The molecule has 19 heavy (non-hydrogen) atoms. The highest BCUT2D eigenvalue weighted by Gasteiger charge is 2.05. The summed E-state index contributed by atoms with van der Waals surface area (Å²) < 4.78 is 0. The molecule has 2 aromatic rings. The normalized spacial score (nSPS) is 9.37. The van der Waals surface area contributed by atoms with Crippen LogP contribution in [0.15, 0.2) is 48.8 Å². The van der Waals surface area contributed by atoms with E-state index < -0.39 is 0 Å². The highest BCUT2D eigenvalue weighted by Crippen LogP contribution is 2.16. The van der Waals surface area contributed by atoms with Crippen molar-refractivity contribution in [2.45, 2.75) is 0 Å². The number of hydrogen-bond donors (Lipinski definition) is 1. The summed E-state index contributed by atoms with van der Waals surface area (Å²) in [5.41, 5.74) is 2.47. The molecule has 100 valence electrons. The molecule has 2 rings (SSSR count). The third-order valence-electron chi connectivity index (χ3n) is 2.58. The first kappa shape index (κ1) is 15.0. The van der Waals surface area contributed by atoms with Crippen LogP contribution in [0.4, 0.5) is 11.4 Å². The van der Waals surface area contributed by atoms with Crippen molar-refractivity contribution in [3.05, 3.63) is 54.4 Å². The summed E-state index contributed by atoms with van der Waals surface area (Å²) in [4.78, 5) is 17.8. The SMILES string of the molecule is CN(C)c1ccc(NC(=O)c2ccncc2)cc1.Cl. The lowest BCUT2D eigenvalue weighted by molar-refractivity contribution is 0.102. The van der Waals surface area contributed by atoms with Crippen molar-refractivity contribution in [2.75, 3.05) is 24.3 Å². The van der Waals surface area contributed by atoms with Crippen molar-refractivity contribution >= 4 is 29.7 Å². The second kappa shape index (κ2) is 6.75. The Hall–Kier alpha value is -2.07. The fraction of sp³-hybridized carbons (Fsp3) is 0.143. The standard InChI is InChI=1S/C14H15N3O.ClH/c1-17(2)13-5-3-12(4-6-13)16-14(18)11-7-9-15-10-8-11;/h3-10H,1-2H3,(H,16,18);1H. The van der Waals surface area contributed by atoms with Gasteiger partial charge in [0.05, 0.1) is 0 Å². The van der Waals surface area contributed by atoms with Crippen molar-refractivity contribution in [1.29, 1.82) is 0 Å². The zero-order valence-electron chi connectivity index (χ0n) is 10.8. The number of nitrogens with one attached hydrogen (secondary N) is 1. The van der Waals surface area contributed by atoms with E-state index in [1.807, 2.05) is 43.3 Å². The van der Waals surface area contributed by atoms with E-state index >= 15 is 0 Å². The van der Waals surface area contributed by atoms with Crippen LogP contribution in [0.3, 0.4) is 0 Å². The van der Waals surface area contributed by atoms with Gasteiger partial charge in [-0.25, -0.2) is 0 Å². The first-order valence-electron chi connectivity index (χ1n) is 5.65. The number of carbonyl (C=O) groups excluding carboxylic acids is 1. The Kier molecular flexibility index (Phi) is 5.33. The number of hydrogen-bond acceptors (Lipinski definition) is 3. The van der Waals surface area contributed by atoms with Crippen LogP contribution in [-0.2, 0) is 0 Å². The molecule has 0 spiro atoms. The molecule has 0 bridgehead atoms. The van der Waals surface area contributed by atoms with Gasteiger partial charge in [-0.05, 0) is 36.4 Å². The van der Waals surface area contributed by atoms with E-state index in [-0.39, 0.29) is 18.3 Å². The maximum absolute atomic E-state index is 11.9. The van der Waals surface area contributed by atoms with Gasteiger partial charge in [0.15, 0.2) is 0 Å². The summed E-state index contributed by atoms with van der Waals surface area (Å²) in [6.07, 6.45) is 3.20. The molecule has 1 heterocycles. The number of pyridine rings is 1. The van der Waals surface area contributed by atoms with Crippen LogP contribution in [0, 0.1) is 0 Å². The van der Waals surface area contributed by atoms with Crippen LogP contribution in [0.2, 0.25) is 0 Å². The summed E-state index contributed by atoms with van der Waals surface area (Å²) in [5.74, 6) is -0.130. The molecule has 0 fully saturated rings. The van der Waals surface area contributed by atoms with E-state index in [0.717, 1.165) is 11.4 Å². The average Bonchev–Trinajstić information content (AvgIpc) is 2.40. The minimum Gasteiger partial charge on any atom is -0.378 e. The van der Waals surface area contributed by atoms with Crippen molar-refractivity contribution in [1.82, 2.24) is 4.98 Å². The van der Waals surface area contributed by atoms with Crippen molar-refractivity contribution < 1.29 is 4.79 Å². The molecule has 5 heteroatoms. The number of amides is 1. The predicted octanol–water partition coefficient (Wildman–Crippen LogP) is 2.82. The molecule has 0 radical (unpaired) electrons. The monoisotopic (exact) mass is 277 g/mol. The lowest BCUT2D eigenvalue weighted by Crippen LogP contribution is -2.12. The molecule has 1 aromatic heterocycles. The van der Waals surface area contributed by atoms with Gasteiger partial charge in [-0.15, -0.1) is 12.4 Å². The molecule has 1 N–H and O–H groups in total. The van der Waals surface area contributed by atoms with Gasteiger partial charge in [-0.3, -0.25) is 9.78 Å². The molecular formula is C14H16ClN3O. The summed E-state index contributed by atoms with van der Waals surface area (Å²) >= 11 is 0. The van der Waals surface area contributed by atoms with Crippen LogP contribution in [0.25, 0.3) is 0 Å². The number of aromatic nitrogens is 1. The molecule has 0 aliphatic heterocycles. The average molecular weight is 278 g/mol. The maximum Gasteiger partial charge on any atom is 0.255 e. The fourth-order valence-corrected chi connectivity index (χ4v) is 1.55. The second-order valence-electron chi connectivity index (χ2n) is 4.13. The van der Waals surface area contributed by atoms with Crippen molar-refractivity contribution in [3.63, 3.8) is 0 Å². The number of benzene rings is 1. The number of carbonyl (C=O) groups is 1. The van der Waals surface area contributed by atoms with Gasteiger partial charge in [0.2, 0.25) is 0 Å². The van der Waals surface area contributed by atoms with E-state index in [1.54, 1.807) is 24.5 Å². The summed E-state index contributed by atoms with van der Waals surface area (Å²) in [7, 11) is 3.95. The molecule has 4 nitrogen and oxygen atoms in total. The quantitative estimate of drug-likeness (QED) is 0.938. The van der Waals surface area contributed by atoms with Gasteiger partial charge in [0.25, 0.3) is 5.91 Å². The Balaban J connectivity index is 0.00000180. The van der Waals surface area contributed by atoms with Gasteiger partial charge < -0.3 is 10.2 Å². The van der Waals surface area contributed by atoms with E-state index in [4.69, 9.17) is 0 Å². The zero-order valence-corrected chi connectivity index (χ0v) is 11.6. The van der Waals surface area contributed by atoms with Gasteiger partial charge in [-0.1, -0.05) is 0 Å². The zero-order chi connectivity index (χ0) is 13.0. The smallest absolute Gasteiger partial charge is 0.255 e. The number of nitrogens with zero attached hydrogens (tertiary/aromatic N) is 2. The van der Waals surface area contributed by atoms with E-state index in [0.29, 0.717) is 5.56 Å². The van der Waals surface area contributed by atoms with Gasteiger partial charge in [0.1, 0.15) is 0 Å². The van der Waals surface area contributed by atoms with Crippen molar-refractivity contribution in [3.8, 4) is 0 Å². The molecule has 0 unspecified atom stereocenters. The van der Waals surface area contributed by atoms with E-state index in [2.05, 4.69) is 10.3 Å². The third-order valence-corrected chi connectivity index (χ3v) is 2.58. The van der Waals surface area contributed by atoms with Gasteiger partial charge in [0, 0.05) is 43.4 Å². The number of rotatable bonds is 3. The van der Waals surface area contributed by atoms with Crippen LogP contribution in [0.5, 0.6) is 0 Å². The highest BCUT2D eigenvalue weighted by molar-refractivity contribution is 6.04. The molecule has 0 aliphatic rings. The number of halogens is 1. The van der Waals surface area contributed by atoms with Crippen molar-refractivity contribution in [2.24, 2.45) is 0 Å². The maximum atomic E-state index is 11.9. The first-order valence-corrected chi connectivity index (χ1v) is 5.65. The Labute approximate surface area is 118 Å². The molecule has 1 aromatic carbocycles. The molecule has 1 amide bonds. The summed E-state index contributed by atoms with van der Waals surface area (Å²) in [5, 5.41) is 2.84. The van der Waals surface area contributed by atoms with Crippen LogP contribution in [-0.4, -0.2) is 25.0 Å². The fourth-order valence-electron chi connectivity index (χ4n) is 1.55.